The highest BCUT2D eigenvalue weighted by Gasteiger charge is 2.31. The number of carbonyl (C=O) groups excluding carboxylic acids is 5. The number of hydrogen-bond donors (Lipinski definition) is 3. The van der Waals surface area contributed by atoms with Gasteiger partial charge in [-0.2, -0.15) is 0 Å². The van der Waals surface area contributed by atoms with Gasteiger partial charge in [0.25, 0.3) is 11.8 Å². The third-order valence-corrected chi connectivity index (χ3v) is 10.6. The van der Waals surface area contributed by atoms with Crippen LogP contribution in [0.4, 0.5) is 10.7 Å². The van der Waals surface area contributed by atoms with Crippen molar-refractivity contribution in [3.05, 3.63) is 116 Å². The molecule has 1 atom stereocenters. The van der Waals surface area contributed by atoms with E-state index in [1.165, 1.54) is 43.2 Å². The normalized spacial score (nSPS) is 13.1. The van der Waals surface area contributed by atoms with Crippen LogP contribution in [0.3, 0.4) is 0 Å². The van der Waals surface area contributed by atoms with Gasteiger partial charge in [0.15, 0.2) is 0 Å². The summed E-state index contributed by atoms with van der Waals surface area (Å²) in [4.78, 5) is 67.9. The van der Waals surface area contributed by atoms with Gasteiger partial charge in [0.1, 0.15) is 10.7 Å². The number of halogens is 2. The van der Waals surface area contributed by atoms with Crippen molar-refractivity contribution in [2.75, 3.05) is 24.3 Å². The number of methoxy groups -OCH3 is 1. The van der Waals surface area contributed by atoms with Crippen molar-refractivity contribution in [2.24, 2.45) is 0 Å². The minimum Gasteiger partial charge on any atom is -0.465 e. The molecule has 0 saturated heterocycles. The molecule has 3 aromatic carbocycles. The van der Waals surface area contributed by atoms with Gasteiger partial charge < -0.3 is 25.6 Å². The Morgan fingerprint density at radius 1 is 0.960 bits per heavy atom. The van der Waals surface area contributed by atoms with Gasteiger partial charge in [-0.05, 0) is 67.4 Å². The first-order valence-corrected chi connectivity index (χ1v) is 17.8. The third kappa shape index (κ3) is 8.75. The number of nitrogens with one attached hydrogen (secondary N) is 3. The molecule has 0 saturated carbocycles. The van der Waals surface area contributed by atoms with Crippen molar-refractivity contribution in [1.82, 2.24) is 10.2 Å². The van der Waals surface area contributed by atoms with E-state index in [9.17, 15) is 24.0 Å². The second kappa shape index (κ2) is 16.4. The Morgan fingerprint density at radius 2 is 1.66 bits per heavy atom. The van der Waals surface area contributed by atoms with E-state index in [2.05, 4.69) is 16.0 Å². The van der Waals surface area contributed by atoms with Crippen molar-refractivity contribution in [3.8, 4) is 0 Å². The highest BCUT2D eigenvalue weighted by molar-refractivity contribution is 8.00. The molecule has 0 spiro atoms. The monoisotopic (exact) mass is 750 g/mol. The third-order valence-electron chi connectivity index (χ3n) is 7.72. The molecule has 50 heavy (non-hydrogen) atoms. The molecule has 4 amide bonds. The van der Waals surface area contributed by atoms with E-state index in [0.717, 1.165) is 10.4 Å². The van der Waals surface area contributed by atoms with Crippen LogP contribution in [-0.2, 0) is 32.1 Å². The SMILES string of the molecule is COC(=O)c1c(NC(=O)C(C)Sc2cccc(NC(=O)/C(=C\c3c(Cl)cccc3Cl)NC(=O)c3ccccc3)c2)sc2c1CCN(C(C)=O)C2. The zero-order valence-electron chi connectivity index (χ0n) is 27.2. The molecule has 5 rings (SSSR count). The van der Waals surface area contributed by atoms with E-state index in [1.807, 2.05) is 0 Å². The predicted molar refractivity (Wildman–Crippen MR) is 198 cm³/mol. The van der Waals surface area contributed by atoms with Crippen LogP contribution in [-0.4, -0.2) is 53.4 Å². The molecule has 14 heteroatoms. The van der Waals surface area contributed by atoms with Crippen molar-refractivity contribution in [3.63, 3.8) is 0 Å². The quantitative estimate of drug-likeness (QED) is 0.0882. The first kappa shape index (κ1) is 36.7. The highest BCUT2D eigenvalue weighted by atomic mass is 35.5. The predicted octanol–water partition coefficient (Wildman–Crippen LogP) is 7.28. The summed E-state index contributed by atoms with van der Waals surface area (Å²) in [6.45, 7) is 4.05. The fourth-order valence-electron chi connectivity index (χ4n) is 5.13. The van der Waals surface area contributed by atoms with Crippen LogP contribution in [0.25, 0.3) is 6.08 Å². The molecule has 1 aliphatic heterocycles. The fraction of sp³-hybridized carbons (Fsp3) is 0.194. The lowest BCUT2D eigenvalue weighted by atomic mass is 10.0. The summed E-state index contributed by atoms with van der Waals surface area (Å²) in [5.74, 6) is -2.09. The molecule has 3 N–H and O–H groups in total. The minimum atomic E-state index is -0.626. The van der Waals surface area contributed by atoms with Crippen molar-refractivity contribution < 1.29 is 28.7 Å². The molecule has 1 aliphatic rings. The summed E-state index contributed by atoms with van der Waals surface area (Å²) in [6, 6.07) is 20.2. The Morgan fingerprint density at radius 3 is 2.34 bits per heavy atom. The maximum absolute atomic E-state index is 13.6. The standard InChI is InChI=1S/C36H32Cl2N4O6S2/c1-20(32(44)41-35-31(36(47)48-3)25-15-16-42(21(2)43)19-30(25)50-35)49-24-12-7-11-23(17-24)39-34(46)29(18-26-27(37)13-8-14-28(26)38)40-33(45)22-9-5-4-6-10-22/h4-14,17-18,20H,15-16,19H2,1-3H3,(H,39,46)(H,40,45)(H,41,44)/b29-18+. The Balaban J connectivity index is 1.31. The van der Waals surface area contributed by atoms with Gasteiger partial charge in [-0.25, -0.2) is 4.79 Å². The van der Waals surface area contributed by atoms with E-state index < -0.39 is 23.0 Å². The Bertz CT molecular complexity index is 1980. The van der Waals surface area contributed by atoms with Crippen LogP contribution >= 0.6 is 46.3 Å². The average Bonchev–Trinajstić information content (AvgIpc) is 3.46. The number of rotatable bonds is 10. The lowest BCUT2D eigenvalue weighted by Gasteiger charge is -2.25. The first-order chi connectivity index (χ1) is 23.9. The number of carbonyl (C=O) groups is 5. The maximum atomic E-state index is 13.6. The summed E-state index contributed by atoms with van der Waals surface area (Å²) in [6.07, 6.45) is 1.89. The number of hydrogen-bond acceptors (Lipinski definition) is 8. The molecule has 0 aliphatic carbocycles. The molecular weight excluding hydrogens is 719 g/mol. The van der Waals surface area contributed by atoms with Gasteiger partial charge in [0.05, 0.1) is 24.5 Å². The van der Waals surface area contributed by atoms with Gasteiger partial charge in [0, 0.05) is 50.1 Å². The Hall–Kier alpha value is -4.62. The number of thioether (sulfide) groups is 1. The smallest absolute Gasteiger partial charge is 0.341 e. The summed E-state index contributed by atoms with van der Waals surface area (Å²) < 4.78 is 5.02. The first-order valence-electron chi connectivity index (χ1n) is 15.3. The highest BCUT2D eigenvalue weighted by Crippen LogP contribution is 2.38. The van der Waals surface area contributed by atoms with Crippen molar-refractivity contribution in [2.45, 2.75) is 37.0 Å². The zero-order valence-corrected chi connectivity index (χ0v) is 30.3. The topological polar surface area (TPSA) is 134 Å². The van der Waals surface area contributed by atoms with E-state index in [-0.39, 0.29) is 17.5 Å². The largest absolute Gasteiger partial charge is 0.465 e. The van der Waals surface area contributed by atoms with Gasteiger partial charge >= 0.3 is 5.97 Å². The van der Waals surface area contributed by atoms with Crippen molar-refractivity contribution in [1.29, 1.82) is 0 Å². The number of anilines is 2. The molecular formula is C36H32Cl2N4O6S2. The number of amides is 4. The van der Waals surface area contributed by atoms with Crippen LogP contribution in [0.5, 0.6) is 0 Å². The molecule has 1 aromatic heterocycles. The fourth-order valence-corrected chi connectivity index (χ4v) is 7.82. The number of nitrogens with zero attached hydrogens (tertiary/aromatic N) is 1. The van der Waals surface area contributed by atoms with Gasteiger partial charge in [-0.1, -0.05) is 53.5 Å². The lowest BCUT2D eigenvalue weighted by molar-refractivity contribution is -0.129. The van der Waals surface area contributed by atoms with Crippen LogP contribution in [0, 0.1) is 0 Å². The Labute approximate surface area is 307 Å². The van der Waals surface area contributed by atoms with E-state index >= 15 is 0 Å². The summed E-state index contributed by atoms with van der Waals surface area (Å²) >= 11 is 15.2. The van der Waals surface area contributed by atoms with Gasteiger partial charge in [0.2, 0.25) is 11.8 Å². The molecule has 1 unspecified atom stereocenters. The number of thiophene rings is 1. The number of fused-ring (bicyclic) bond motifs is 1. The van der Waals surface area contributed by atoms with Crippen LogP contribution in [0.1, 0.15) is 50.6 Å². The Kier molecular flexibility index (Phi) is 12.0. The molecule has 4 aromatic rings. The molecule has 258 valence electrons. The lowest BCUT2D eigenvalue weighted by Crippen LogP contribution is -2.33. The minimum absolute atomic E-state index is 0.0631. The second-order valence-corrected chi connectivity index (χ2v) is 14.5. The zero-order chi connectivity index (χ0) is 35.9. The number of esters is 1. The molecule has 0 bridgehead atoms. The van der Waals surface area contributed by atoms with E-state index in [0.29, 0.717) is 61.8 Å². The summed E-state index contributed by atoms with van der Waals surface area (Å²) in [7, 11) is 1.29. The number of ether oxygens (including phenoxy) is 1. The number of benzene rings is 3. The van der Waals surface area contributed by atoms with E-state index in [1.54, 1.807) is 84.6 Å². The molecule has 10 nitrogen and oxygen atoms in total. The van der Waals surface area contributed by atoms with Gasteiger partial charge in [-0.15, -0.1) is 23.1 Å². The van der Waals surface area contributed by atoms with Crippen LogP contribution in [0.15, 0.2) is 83.4 Å². The molecule has 0 radical (unpaired) electrons. The summed E-state index contributed by atoms with van der Waals surface area (Å²) in [5.41, 5.74) is 2.12. The van der Waals surface area contributed by atoms with Gasteiger partial charge in [-0.3, -0.25) is 19.2 Å². The van der Waals surface area contributed by atoms with Crippen LogP contribution in [0.2, 0.25) is 10.0 Å². The second-order valence-electron chi connectivity index (χ2n) is 11.1. The van der Waals surface area contributed by atoms with Crippen LogP contribution < -0.4 is 16.0 Å². The molecule has 2 heterocycles. The van der Waals surface area contributed by atoms with E-state index in [4.69, 9.17) is 27.9 Å². The van der Waals surface area contributed by atoms with Crippen molar-refractivity contribution >= 4 is 92.7 Å². The summed E-state index contributed by atoms with van der Waals surface area (Å²) in [5, 5.41) is 8.72. The molecule has 0 fully saturated rings. The maximum Gasteiger partial charge on any atom is 0.341 e. The average molecular weight is 752 g/mol.